The maximum Gasteiger partial charge on any atom is 0.134 e. The van der Waals surface area contributed by atoms with Gasteiger partial charge in [0.15, 0.2) is 0 Å². The van der Waals surface area contributed by atoms with E-state index in [4.69, 9.17) is 23.8 Å². The van der Waals surface area contributed by atoms with Crippen LogP contribution in [0.3, 0.4) is 0 Å². The largest absolute Gasteiger partial charge is 0.371 e. The van der Waals surface area contributed by atoms with Gasteiger partial charge in [-0.2, -0.15) is 0 Å². The van der Waals surface area contributed by atoms with Crippen LogP contribution in [0.25, 0.3) is 0 Å². The maximum absolute atomic E-state index is 10.8. The number of hydrogen-bond acceptors (Lipinski definition) is 3. The zero-order chi connectivity index (χ0) is 14.1. The summed E-state index contributed by atoms with van der Waals surface area (Å²) < 4.78 is 11.6. The van der Waals surface area contributed by atoms with Crippen molar-refractivity contribution in [1.82, 2.24) is 5.32 Å². The molecular formula is C13H16ClNOS3. The van der Waals surface area contributed by atoms with Crippen LogP contribution in [-0.4, -0.2) is 21.3 Å². The highest BCUT2D eigenvalue weighted by Crippen LogP contribution is 2.15. The predicted molar refractivity (Wildman–Crippen MR) is 91.2 cm³/mol. The van der Waals surface area contributed by atoms with E-state index >= 15 is 0 Å². The minimum absolute atomic E-state index is 0.745. The Labute approximate surface area is 131 Å². The number of benzene rings is 1. The maximum atomic E-state index is 10.8. The van der Waals surface area contributed by atoms with Crippen LogP contribution < -0.4 is 5.32 Å². The quantitative estimate of drug-likeness (QED) is 0.634. The van der Waals surface area contributed by atoms with Gasteiger partial charge in [-0.15, -0.1) is 0 Å². The highest BCUT2D eigenvalue weighted by atomic mass is 35.5. The molecule has 0 aliphatic carbocycles. The van der Waals surface area contributed by atoms with Gasteiger partial charge in [-0.25, -0.2) is 0 Å². The standard InChI is InChI=1S/C13H16ClNOS3/c1-19(16)9-3-2-8-15-13(17)18-10-11-4-6-12(14)7-5-11/h3-7,9H,2,8,10H2,1H3,(H,15,17)/b9-3+. The van der Waals surface area contributed by atoms with E-state index in [0.29, 0.717) is 0 Å². The molecular weight excluding hydrogens is 318 g/mol. The summed E-state index contributed by atoms with van der Waals surface area (Å²) in [7, 11) is -0.867. The molecule has 0 aliphatic heterocycles. The summed E-state index contributed by atoms with van der Waals surface area (Å²) in [6.45, 7) is 0.764. The van der Waals surface area contributed by atoms with Gasteiger partial charge in [0.25, 0.3) is 0 Å². The van der Waals surface area contributed by atoms with Gasteiger partial charge in [0.05, 0.1) is 0 Å². The lowest BCUT2D eigenvalue weighted by Crippen LogP contribution is -2.19. The monoisotopic (exact) mass is 333 g/mol. The third-order valence-corrected chi connectivity index (χ3v) is 4.36. The number of thioether (sulfide) groups is 1. The molecule has 1 atom stereocenters. The Morgan fingerprint density at radius 1 is 1.47 bits per heavy atom. The normalized spacial score (nSPS) is 12.5. The number of hydrogen-bond donors (Lipinski definition) is 1. The first-order valence-electron chi connectivity index (χ1n) is 5.72. The average molecular weight is 334 g/mol. The second-order valence-electron chi connectivity index (χ2n) is 3.79. The summed E-state index contributed by atoms with van der Waals surface area (Å²) >= 11 is 12.6. The number of nitrogens with one attached hydrogen (secondary N) is 1. The second-order valence-corrected chi connectivity index (χ2v) is 7.15. The number of thiocarbonyl (C=S) groups is 1. The van der Waals surface area contributed by atoms with Crippen molar-refractivity contribution in [2.45, 2.75) is 12.2 Å². The van der Waals surface area contributed by atoms with Crippen molar-refractivity contribution in [1.29, 1.82) is 0 Å². The molecule has 1 aromatic carbocycles. The third kappa shape index (κ3) is 8.42. The third-order valence-electron chi connectivity index (χ3n) is 2.15. The molecule has 0 heterocycles. The van der Waals surface area contributed by atoms with Crippen molar-refractivity contribution >= 4 is 50.7 Å². The number of rotatable bonds is 6. The molecule has 0 radical (unpaired) electrons. The predicted octanol–water partition coefficient (Wildman–Crippen LogP) is 3.73. The van der Waals surface area contributed by atoms with Crippen LogP contribution in [0.5, 0.6) is 0 Å². The minimum Gasteiger partial charge on any atom is -0.371 e. The lowest BCUT2D eigenvalue weighted by Gasteiger charge is -2.06. The molecule has 1 unspecified atom stereocenters. The van der Waals surface area contributed by atoms with Gasteiger partial charge in [-0.05, 0) is 29.5 Å². The number of halogens is 1. The topological polar surface area (TPSA) is 29.1 Å². The average Bonchev–Trinajstić information content (AvgIpc) is 2.37. The molecule has 104 valence electrons. The fraction of sp³-hybridized carbons (Fsp3) is 0.308. The van der Waals surface area contributed by atoms with Crippen molar-refractivity contribution < 1.29 is 4.21 Å². The minimum atomic E-state index is -0.867. The smallest absolute Gasteiger partial charge is 0.134 e. The Morgan fingerprint density at radius 3 is 2.79 bits per heavy atom. The van der Waals surface area contributed by atoms with Crippen LogP contribution in [-0.2, 0) is 16.6 Å². The van der Waals surface area contributed by atoms with Crippen LogP contribution in [0.2, 0.25) is 5.02 Å². The Morgan fingerprint density at radius 2 is 2.16 bits per heavy atom. The van der Waals surface area contributed by atoms with Crippen molar-refractivity contribution in [3.63, 3.8) is 0 Å². The molecule has 1 N–H and O–H groups in total. The summed E-state index contributed by atoms with van der Waals surface area (Å²) in [4.78, 5) is 0. The van der Waals surface area contributed by atoms with Crippen molar-refractivity contribution in [3.8, 4) is 0 Å². The fourth-order valence-electron chi connectivity index (χ4n) is 1.24. The van der Waals surface area contributed by atoms with Gasteiger partial charge in [-0.1, -0.05) is 53.8 Å². The Balaban J connectivity index is 2.17. The molecule has 0 bridgehead atoms. The summed E-state index contributed by atoms with van der Waals surface area (Å²) in [5, 5.41) is 5.59. The first-order chi connectivity index (χ1) is 9.08. The molecule has 0 amide bonds. The molecule has 6 heteroatoms. The molecule has 19 heavy (non-hydrogen) atoms. The molecule has 0 spiro atoms. The van der Waals surface area contributed by atoms with Crippen LogP contribution in [0, 0.1) is 0 Å². The lowest BCUT2D eigenvalue weighted by atomic mass is 10.2. The van der Waals surface area contributed by atoms with Crippen molar-refractivity contribution in [3.05, 3.63) is 46.3 Å². The van der Waals surface area contributed by atoms with E-state index in [2.05, 4.69) is 5.32 Å². The second kappa shape index (κ2) is 9.53. The van der Waals surface area contributed by atoms with Crippen molar-refractivity contribution in [2.24, 2.45) is 0 Å². The molecule has 1 rings (SSSR count). The molecule has 1 aromatic rings. The molecule has 2 nitrogen and oxygen atoms in total. The lowest BCUT2D eigenvalue weighted by molar-refractivity contribution is 0.691. The fourth-order valence-corrected chi connectivity index (χ4v) is 2.75. The van der Waals surface area contributed by atoms with Crippen LogP contribution in [0.1, 0.15) is 12.0 Å². The summed E-state index contributed by atoms with van der Waals surface area (Å²) in [5.74, 6) is 0.831. The van der Waals surface area contributed by atoms with Crippen LogP contribution in [0.15, 0.2) is 35.7 Å². The van der Waals surface area contributed by atoms with E-state index in [1.165, 1.54) is 5.56 Å². The van der Waals surface area contributed by atoms with E-state index in [0.717, 1.165) is 28.1 Å². The van der Waals surface area contributed by atoms with Gasteiger partial charge < -0.3 is 5.32 Å². The first kappa shape index (κ1) is 16.7. The van der Waals surface area contributed by atoms with E-state index < -0.39 is 10.8 Å². The highest BCUT2D eigenvalue weighted by molar-refractivity contribution is 8.22. The van der Waals surface area contributed by atoms with Crippen LogP contribution in [0.4, 0.5) is 0 Å². The van der Waals surface area contributed by atoms with E-state index in [-0.39, 0.29) is 0 Å². The first-order valence-corrected chi connectivity index (χ1v) is 9.11. The summed E-state index contributed by atoms with van der Waals surface area (Å²) in [6, 6.07) is 7.75. The molecule has 0 saturated carbocycles. The van der Waals surface area contributed by atoms with Gasteiger partial charge in [0, 0.05) is 34.4 Å². The molecule has 0 fully saturated rings. The van der Waals surface area contributed by atoms with E-state index in [9.17, 15) is 4.21 Å². The summed E-state index contributed by atoms with van der Waals surface area (Å²) in [6.07, 6.45) is 4.37. The summed E-state index contributed by atoms with van der Waals surface area (Å²) in [5.41, 5.74) is 1.19. The van der Waals surface area contributed by atoms with Gasteiger partial charge >= 0.3 is 0 Å². The Bertz CT molecular complexity index is 459. The van der Waals surface area contributed by atoms with Gasteiger partial charge in [0.1, 0.15) is 4.32 Å². The van der Waals surface area contributed by atoms with E-state index in [1.807, 2.05) is 30.3 Å². The Hall–Kier alpha value is -0.360. The Kier molecular flexibility index (Phi) is 8.37. The zero-order valence-electron chi connectivity index (χ0n) is 10.6. The van der Waals surface area contributed by atoms with Crippen LogP contribution >= 0.6 is 35.6 Å². The van der Waals surface area contributed by atoms with E-state index in [1.54, 1.807) is 23.4 Å². The molecule has 0 aliphatic rings. The van der Waals surface area contributed by atoms with Gasteiger partial charge in [0.2, 0.25) is 0 Å². The van der Waals surface area contributed by atoms with Gasteiger partial charge in [-0.3, -0.25) is 4.21 Å². The zero-order valence-corrected chi connectivity index (χ0v) is 13.8. The molecule has 0 saturated heterocycles. The molecule has 0 aromatic heterocycles. The SMILES string of the molecule is CS(=O)/C=C/CCNC(=S)SCc1ccc(Cl)cc1. The highest BCUT2D eigenvalue weighted by Gasteiger charge is 1.98. The van der Waals surface area contributed by atoms with Crippen molar-refractivity contribution in [2.75, 3.05) is 12.8 Å².